The Hall–Kier alpha value is -4.46. The van der Waals surface area contributed by atoms with E-state index < -0.39 is 5.97 Å². The molecule has 47 heavy (non-hydrogen) atoms. The summed E-state index contributed by atoms with van der Waals surface area (Å²) in [4.78, 5) is 28.3. The molecule has 0 aromatic heterocycles. The lowest BCUT2D eigenvalue weighted by atomic mass is 9.92. The van der Waals surface area contributed by atoms with Gasteiger partial charge in [0.2, 0.25) is 0 Å². The Morgan fingerprint density at radius 1 is 0.894 bits per heavy atom. The molecule has 0 spiro atoms. The van der Waals surface area contributed by atoms with Crippen molar-refractivity contribution in [3.05, 3.63) is 135 Å². The van der Waals surface area contributed by atoms with Gasteiger partial charge in [-0.1, -0.05) is 108 Å². The van der Waals surface area contributed by atoms with E-state index in [1.54, 1.807) is 0 Å². The zero-order valence-electron chi connectivity index (χ0n) is 26.5. The second-order valence-corrected chi connectivity index (χ2v) is 14.3. The molecule has 0 radical (unpaired) electrons. The van der Waals surface area contributed by atoms with E-state index in [2.05, 4.69) is 104 Å². The predicted octanol–water partition coefficient (Wildman–Crippen LogP) is 9.36. The van der Waals surface area contributed by atoms with E-state index in [0.29, 0.717) is 21.2 Å². The molecule has 1 aliphatic carbocycles. The lowest BCUT2D eigenvalue weighted by Gasteiger charge is -2.27. The average molecular weight is 657 g/mol. The van der Waals surface area contributed by atoms with Gasteiger partial charge in [0.25, 0.3) is 5.91 Å². The first kappa shape index (κ1) is 31.2. The van der Waals surface area contributed by atoms with Crippen molar-refractivity contribution in [2.24, 2.45) is 0 Å². The number of aliphatic carboxylic acids is 1. The number of carbonyl (C=O) groups excluding carboxylic acids is 1. The number of benzene rings is 4. The Balaban J connectivity index is 1.18. The summed E-state index contributed by atoms with van der Waals surface area (Å²) in [5.41, 5.74) is 12.1. The first-order chi connectivity index (χ1) is 22.7. The van der Waals surface area contributed by atoms with Crippen LogP contribution in [0.5, 0.6) is 0 Å². The van der Waals surface area contributed by atoms with Crippen LogP contribution in [0, 0.1) is 13.8 Å². The molecular weight excluding hydrogens is 621 g/mol. The van der Waals surface area contributed by atoms with Crippen molar-refractivity contribution < 1.29 is 14.7 Å². The van der Waals surface area contributed by atoms with Crippen molar-refractivity contribution in [3.63, 3.8) is 0 Å². The Morgan fingerprint density at radius 2 is 1.53 bits per heavy atom. The van der Waals surface area contributed by atoms with Gasteiger partial charge in [-0.3, -0.25) is 14.5 Å². The van der Waals surface area contributed by atoms with Crippen LogP contribution in [0.3, 0.4) is 0 Å². The number of anilines is 2. The van der Waals surface area contributed by atoms with Gasteiger partial charge >= 0.3 is 5.97 Å². The van der Waals surface area contributed by atoms with Crippen LogP contribution in [0.4, 0.5) is 11.4 Å². The molecule has 1 N–H and O–H groups in total. The molecule has 4 aromatic carbocycles. The smallest absolute Gasteiger partial charge is 0.305 e. The van der Waals surface area contributed by atoms with Crippen molar-refractivity contribution in [3.8, 4) is 0 Å². The van der Waals surface area contributed by atoms with Gasteiger partial charge in [-0.25, -0.2) is 0 Å². The maximum atomic E-state index is 12.9. The zero-order chi connectivity index (χ0) is 32.7. The van der Waals surface area contributed by atoms with Crippen LogP contribution < -0.4 is 4.90 Å². The number of hydrogen-bond acceptors (Lipinski definition) is 5. The summed E-state index contributed by atoms with van der Waals surface area (Å²) >= 11 is 6.58. The first-order valence-corrected chi connectivity index (χ1v) is 17.3. The van der Waals surface area contributed by atoms with Gasteiger partial charge < -0.3 is 10.0 Å². The number of carboxylic acids is 1. The molecule has 1 saturated heterocycles. The van der Waals surface area contributed by atoms with Crippen LogP contribution in [0.1, 0.15) is 70.5 Å². The summed E-state index contributed by atoms with van der Waals surface area (Å²) in [6, 6.07) is 33.3. The number of thiocarbonyl (C=S) groups is 1. The third-order valence-corrected chi connectivity index (χ3v) is 10.8. The molecule has 2 unspecified atom stereocenters. The number of fused-ring (bicyclic) bond motifs is 3. The SMILES string of the molecule is Cc1ccc(C(=Cc2ccc3c(c2)C2CCCC2N3c2ccc(/C=C3\SC(=S)N(CCC(=O)O)C3=O)cc2)c2ccc(C)cc2)cc1. The summed E-state index contributed by atoms with van der Waals surface area (Å²) in [5, 5.41) is 9.02. The molecule has 0 bridgehead atoms. The standard InChI is InChI=1S/C40H36N2O3S2/c1-25-6-13-29(14-7-25)33(30-15-8-26(2)9-16-30)22-28-12-19-36-34(23-28)32-4-3-5-35(32)42(36)31-17-10-27(11-18-31)24-37-39(45)41(40(46)47-37)21-20-38(43)44/h6-19,22-24,32,35H,3-5,20-21H2,1-2H3,(H,43,44)/b37-24-. The van der Waals surface area contributed by atoms with Crippen molar-refractivity contribution >= 4 is 69.3 Å². The number of aryl methyl sites for hydroxylation is 2. The molecular formula is C40H36N2O3S2. The van der Waals surface area contributed by atoms with Crippen molar-refractivity contribution in [1.29, 1.82) is 0 Å². The average Bonchev–Trinajstić information content (AvgIpc) is 3.73. The lowest BCUT2D eigenvalue weighted by molar-refractivity contribution is -0.137. The van der Waals surface area contributed by atoms with Crippen LogP contribution in [0.2, 0.25) is 0 Å². The number of carboxylic acid groups (broad SMARTS) is 1. The fourth-order valence-electron chi connectivity index (χ4n) is 7.05. The van der Waals surface area contributed by atoms with Crippen LogP contribution in [-0.2, 0) is 9.59 Å². The topological polar surface area (TPSA) is 60.9 Å². The van der Waals surface area contributed by atoms with E-state index in [-0.39, 0.29) is 18.9 Å². The number of hydrogen-bond donors (Lipinski definition) is 1. The van der Waals surface area contributed by atoms with Crippen LogP contribution in [0.25, 0.3) is 17.7 Å². The maximum absolute atomic E-state index is 12.9. The number of rotatable bonds is 8. The van der Waals surface area contributed by atoms with E-state index in [1.807, 2.05) is 18.2 Å². The minimum absolute atomic E-state index is 0.0872. The van der Waals surface area contributed by atoms with E-state index in [0.717, 1.165) is 17.7 Å². The fraction of sp³-hybridized carbons (Fsp3) is 0.225. The zero-order valence-corrected chi connectivity index (χ0v) is 28.1. The summed E-state index contributed by atoms with van der Waals surface area (Å²) in [6.07, 6.45) is 7.60. The molecule has 236 valence electrons. The highest BCUT2D eigenvalue weighted by atomic mass is 32.2. The Bertz CT molecular complexity index is 1880. The van der Waals surface area contributed by atoms with Gasteiger partial charge in [0.1, 0.15) is 4.32 Å². The number of thioether (sulfide) groups is 1. The Kier molecular flexibility index (Phi) is 8.60. The largest absolute Gasteiger partial charge is 0.481 e. The maximum Gasteiger partial charge on any atom is 0.305 e. The normalized spacial score (nSPS) is 19.3. The number of carbonyl (C=O) groups is 2. The molecule has 1 amide bonds. The van der Waals surface area contributed by atoms with Gasteiger partial charge in [0.15, 0.2) is 0 Å². The highest BCUT2D eigenvalue weighted by Crippen LogP contribution is 2.52. The Labute approximate surface area is 285 Å². The number of nitrogens with zero attached hydrogens (tertiary/aromatic N) is 2. The molecule has 2 fully saturated rings. The molecule has 2 heterocycles. The second kappa shape index (κ2) is 13.0. The lowest BCUT2D eigenvalue weighted by Crippen LogP contribution is -2.30. The summed E-state index contributed by atoms with van der Waals surface area (Å²) in [5.74, 6) is -0.688. The highest BCUT2D eigenvalue weighted by molar-refractivity contribution is 8.26. The molecule has 3 aliphatic rings. The summed E-state index contributed by atoms with van der Waals surface area (Å²) < 4.78 is 0.402. The molecule has 7 heteroatoms. The molecule has 1 saturated carbocycles. The van der Waals surface area contributed by atoms with Crippen molar-refractivity contribution in [2.75, 3.05) is 11.4 Å². The summed E-state index contributed by atoms with van der Waals surface area (Å²) in [7, 11) is 0. The monoisotopic (exact) mass is 656 g/mol. The molecule has 7 rings (SSSR count). The quantitative estimate of drug-likeness (QED) is 0.116. The summed E-state index contributed by atoms with van der Waals surface area (Å²) in [6.45, 7) is 4.34. The van der Waals surface area contributed by atoms with Crippen LogP contribution in [0.15, 0.2) is 95.9 Å². The van der Waals surface area contributed by atoms with Crippen molar-refractivity contribution in [2.45, 2.75) is 51.5 Å². The van der Waals surface area contributed by atoms with Gasteiger partial charge in [0.05, 0.1) is 11.3 Å². The molecule has 2 atom stereocenters. The van der Waals surface area contributed by atoms with Gasteiger partial charge in [-0.2, -0.15) is 0 Å². The first-order valence-electron chi connectivity index (χ1n) is 16.1. The predicted molar refractivity (Wildman–Crippen MR) is 197 cm³/mol. The Morgan fingerprint density at radius 3 is 2.17 bits per heavy atom. The fourth-order valence-corrected chi connectivity index (χ4v) is 8.36. The van der Waals surface area contributed by atoms with Crippen LogP contribution in [-0.4, -0.2) is 38.8 Å². The van der Waals surface area contributed by atoms with Gasteiger partial charge in [-0.15, -0.1) is 0 Å². The minimum atomic E-state index is -0.950. The third-order valence-electron chi connectivity index (χ3n) is 9.45. The van der Waals surface area contributed by atoms with E-state index in [9.17, 15) is 9.59 Å². The third kappa shape index (κ3) is 6.30. The van der Waals surface area contributed by atoms with E-state index in [4.69, 9.17) is 17.3 Å². The molecule has 2 aliphatic heterocycles. The minimum Gasteiger partial charge on any atom is -0.481 e. The number of amides is 1. The highest BCUT2D eigenvalue weighted by Gasteiger charge is 2.42. The van der Waals surface area contributed by atoms with E-state index >= 15 is 0 Å². The molecule has 4 aromatic rings. The second-order valence-electron chi connectivity index (χ2n) is 12.7. The molecule has 5 nitrogen and oxygen atoms in total. The van der Waals surface area contributed by atoms with Crippen LogP contribution >= 0.6 is 24.0 Å². The van der Waals surface area contributed by atoms with Gasteiger partial charge in [-0.05, 0) is 96.5 Å². The van der Waals surface area contributed by atoms with Crippen molar-refractivity contribution in [1.82, 2.24) is 4.90 Å². The van der Waals surface area contributed by atoms with E-state index in [1.165, 1.54) is 74.1 Å². The van der Waals surface area contributed by atoms with Gasteiger partial charge in [0, 0.05) is 29.9 Å².